The molecular formula is C22H31FN2O4S. The van der Waals surface area contributed by atoms with Gasteiger partial charge in [-0.3, -0.25) is 4.79 Å². The molecule has 1 aliphatic carbocycles. The van der Waals surface area contributed by atoms with Crippen molar-refractivity contribution in [3.8, 4) is 0 Å². The molecule has 3 aliphatic rings. The number of aryl methyl sites for hydroxylation is 1. The van der Waals surface area contributed by atoms with Crippen LogP contribution in [-0.4, -0.2) is 50.5 Å². The summed E-state index contributed by atoms with van der Waals surface area (Å²) in [6, 6.07) is 3.89. The van der Waals surface area contributed by atoms with Gasteiger partial charge in [0.2, 0.25) is 15.9 Å². The van der Waals surface area contributed by atoms with E-state index in [0.29, 0.717) is 50.6 Å². The molecule has 6 nitrogen and oxygen atoms in total. The Morgan fingerprint density at radius 1 is 1.27 bits per heavy atom. The van der Waals surface area contributed by atoms with E-state index in [4.69, 9.17) is 4.74 Å². The fraction of sp³-hybridized carbons (Fsp3) is 0.682. The van der Waals surface area contributed by atoms with Gasteiger partial charge in [0.05, 0.1) is 10.5 Å². The Hall–Kier alpha value is -1.51. The fourth-order valence-corrected chi connectivity index (χ4v) is 6.42. The summed E-state index contributed by atoms with van der Waals surface area (Å²) in [5.41, 5.74) is 0.269. The first-order valence-electron chi connectivity index (χ1n) is 11.0. The van der Waals surface area contributed by atoms with Crippen LogP contribution in [0.1, 0.15) is 50.5 Å². The zero-order valence-electron chi connectivity index (χ0n) is 17.5. The molecule has 1 atom stereocenters. The Morgan fingerprint density at radius 2 is 2.00 bits per heavy atom. The average Bonchev–Trinajstić information content (AvgIpc) is 3.56. The van der Waals surface area contributed by atoms with E-state index >= 15 is 0 Å². The Balaban J connectivity index is 1.33. The molecule has 0 bridgehead atoms. The monoisotopic (exact) mass is 438 g/mol. The zero-order chi connectivity index (χ0) is 21.4. The normalized spacial score (nSPS) is 24.7. The first-order valence-corrected chi connectivity index (χ1v) is 12.4. The smallest absolute Gasteiger partial charge is 0.243 e. The molecule has 1 unspecified atom stereocenters. The van der Waals surface area contributed by atoms with E-state index in [0.717, 1.165) is 38.2 Å². The Kier molecular flexibility index (Phi) is 6.19. The van der Waals surface area contributed by atoms with Crippen molar-refractivity contribution >= 4 is 15.9 Å². The molecule has 0 aromatic heterocycles. The number of nitrogens with zero attached hydrogens (tertiary/aromatic N) is 1. The number of ether oxygens (including phenoxy) is 1. The second-order valence-corrected chi connectivity index (χ2v) is 11.0. The van der Waals surface area contributed by atoms with Gasteiger partial charge >= 0.3 is 0 Å². The summed E-state index contributed by atoms with van der Waals surface area (Å²) >= 11 is 0. The predicted octanol–water partition coefficient (Wildman–Crippen LogP) is 3.00. The molecule has 2 aliphatic heterocycles. The van der Waals surface area contributed by atoms with Gasteiger partial charge in [-0.1, -0.05) is 6.07 Å². The third-order valence-corrected chi connectivity index (χ3v) is 8.84. The highest BCUT2D eigenvalue weighted by Gasteiger charge is 2.43. The number of halogens is 1. The summed E-state index contributed by atoms with van der Waals surface area (Å²) in [6.07, 6.45) is 6.14. The van der Waals surface area contributed by atoms with E-state index in [9.17, 15) is 17.6 Å². The average molecular weight is 439 g/mol. The molecular weight excluding hydrogens is 407 g/mol. The van der Waals surface area contributed by atoms with Gasteiger partial charge in [-0.05, 0) is 75.5 Å². The lowest BCUT2D eigenvalue weighted by Gasteiger charge is -2.46. The van der Waals surface area contributed by atoms with E-state index in [1.807, 2.05) is 0 Å². The quantitative estimate of drug-likeness (QED) is 0.741. The fourth-order valence-electron chi connectivity index (χ4n) is 4.74. The van der Waals surface area contributed by atoms with E-state index in [1.165, 1.54) is 16.4 Å². The third-order valence-electron chi connectivity index (χ3n) is 6.80. The molecule has 0 radical (unpaired) electrons. The standard InChI is InChI=1S/C22H31FN2O4S/c1-16-2-5-19(23)14-20(16)30(27,28)25-11-8-22(9-12-25)15-17(7-13-29-22)6-10-24-21(26)18-3-4-18/h2,5,14,17-18H,3-4,6-13,15H2,1H3,(H,24,26). The number of hydrogen-bond donors (Lipinski definition) is 1. The van der Waals surface area contributed by atoms with Crippen molar-refractivity contribution in [2.24, 2.45) is 11.8 Å². The molecule has 8 heteroatoms. The van der Waals surface area contributed by atoms with E-state index in [2.05, 4.69) is 5.32 Å². The molecule has 3 fully saturated rings. The predicted molar refractivity (Wildman–Crippen MR) is 111 cm³/mol. The maximum Gasteiger partial charge on any atom is 0.243 e. The minimum atomic E-state index is -3.72. The van der Waals surface area contributed by atoms with Crippen molar-refractivity contribution < 1.29 is 22.3 Å². The van der Waals surface area contributed by atoms with Crippen LogP contribution in [0.2, 0.25) is 0 Å². The van der Waals surface area contributed by atoms with Crippen LogP contribution in [0.5, 0.6) is 0 Å². The van der Waals surface area contributed by atoms with E-state index < -0.39 is 15.8 Å². The second-order valence-electron chi connectivity index (χ2n) is 9.06. The van der Waals surface area contributed by atoms with Crippen LogP contribution < -0.4 is 5.32 Å². The summed E-state index contributed by atoms with van der Waals surface area (Å²) in [5.74, 6) is 0.355. The maximum atomic E-state index is 13.6. The van der Waals surface area contributed by atoms with Gasteiger partial charge in [-0.25, -0.2) is 12.8 Å². The van der Waals surface area contributed by atoms with Crippen LogP contribution in [0.25, 0.3) is 0 Å². The number of carbonyl (C=O) groups excluding carboxylic acids is 1. The molecule has 1 N–H and O–H groups in total. The Bertz CT molecular complexity index is 892. The van der Waals surface area contributed by atoms with Crippen molar-refractivity contribution in [2.75, 3.05) is 26.2 Å². The third kappa shape index (κ3) is 4.70. The first kappa shape index (κ1) is 21.7. The van der Waals surface area contributed by atoms with Gasteiger partial charge in [0, 0.05) is 32.2 Å². The van der Waals surface area contributed by atoms with Crippen LogP contribution in [-0.2, 0) is 19.6 Å². The number of amides is 1. The van der Waals surface area contributed by atoms with E-state index in [1.54, 1.807) is 6.92 Å². The van der Waals surface area contributed by atoms with Crippen molar-refractivity contribution in [1.82, 2.24) is 9.62 Å². The van der Waals surface area contributed by atoms with Gasteiger partial charge in [-0.2, -0.15) is 4.31 Å². The van der Waals surface area contributed by atoms with Crippen LogP contribution in [0.4, 0.5) is 4.39 Å². The molecule has 30 heavy (non-hydrogen) atoms. The summed E-state index contributed by atoms with van der Waals surface area (Å²) in [5, 5.41) is 3.04. The first-order chi connectivity index (χ1) is 14.3. The second kappa shape index (κ2) is 8.55. The van der Waals surface area contributed by atoms with Crippen LogP contribution >= 0.6 is 0 Å². The number of carbonyl (C=O) groups is 1. The molecule has 2 heterocycles. The Labute approximate surface area is 178 Å². The number of benzene rings is 1. The largest absolute Gasteiger partial charge is 0.375 e. The molecule has 1 aromatic rings. The summed E-state index contributed by atoms with van der Waals surface area (Å²) in [7, 11) is -3.72. The summed E-state index contributed by atoms with van der Waals surface area (Å²) < 4.78 is 47.3. The van der Waals surface area contributed by atoms with Gasteiger partial charge in [-0.15, -0.1) is 0 Å². The van der Waals surface area contributed by atoms with Crippen LogP contribution in [0.3, 0.4) is 0 Å². The van der Waals surface area contributed by atoms with Crippen molar-refractivity contribution in [2.45, 2.75) is 62.4 Å². The van der Waals surface area contributed by atoms with Crippen LogP contribution in [0.15, 0.2) is 23.1 Å². The van der Waals surface area contributed by atoms with Crippen molar-refractivity contribution in [1.29, 1.82) is 0 Å². The molecule has 1 aromatic carbocycles. The van der Waals surface area contributed by atoms with E-state index in [-0.39, 0.29) is 22.3 Å². The topological polar surface area (TPSA) is 75.7 Å². The Morgan fingerprint density at radius 3 is 2.70 bits per heavy atom. The lowest BCUT2D eigenvalue weighted by molar-refractivity contribution is -0.124. The van der Waals surface area contributed by atoms with Crippen molar-refractivity contribution in [3.63, 3.8) is 0 Å². The number of hydrogen-bond acceptors (Lipinski definition) is 4. The maximum absolute atomic E-state index is 13.6. The van der Waals surface area contributed by atoms with Gasteiger partial charge in [0.1, 0.15) is 5.82 Å². The number of piperidine rings is 1. The molecule has 4 rings (SSSR count). The van der Waals surface area contributed by atoms with Gasteiger partial charge < -0.3 is 10.1 Å². The zero-order valence-corrected chi connectivity index (χ0v) is 18.3. The lowest BCUT2D eigenvalue weighted by Crippen LogP contribution is -2.51. The van der Waals surface area contributed by atoms with Crippen LogP contribution in [0, 0.1) is 24.6 Å². The molecule has 1 saturated carbocycles. The summed E-state index contributed by atoms with van der Waals surface area (Å²) in [4.78, 5) is 11.9. The molecule has 166 valence electrons. The number of nitrogens with one attached hydrogen (secondary N) is 1. The lowest BCUT2D eigenvalue weighted by atomic mass is 9.79. The molecule has 2 saturated heterocycles. The van der Waals surface area contributed by atoms with Gasteiger partial charge in [0.15, 0.2) is 0 Å². The number of sulfonamides is 1. The SMILES string of the molecule is Cc1ccc(F)cc1S(=O)(=O)N1CCC2(CC1)CC(CCNC(=O)C1CC1)CCO2. The molecule has 1 amide bonds. The number of rotatable bonds is 6. The highest BCUT2D eigenvalue weighted by atomic mass is 32.2. The van der Waals surface area contributed by atoms with Crippen molar-refractivity contribution in [3.05, 3.63) is 29.6 Å². The highest BCUT2D eigenvalue weighted by molar-refractivity contribution is 7.89. The minimum absolute atomic E-state index is 0.0484. The highest BCUT2D eigenvalue weighted by Crippen LogP contribution is 2.40. The van der Waals surface area contributed by atoms with Gasteiger partial charge in [0.25, 0.3) is 0 Å². The minimum Gasteiger partial charge on any atom is -0.375 e. The summed E-state index contributed by atoms with van der Waals surface area (Å²) in [6.45, 7) is 3.83. The molecule has 1 spiro atoms.